The van der Waals surface area contributed by atoms with Crippen molar-refractivity contribution in [2.24, 2.45) is 4.99 Å². The first kappa shape index (κ1) is 16.8. The zero-order valence-electron chi connectivity index (χ0n) is 14.0. The first-order chi connectivity index (χ1) is 12.2. The summed E-state index contributed by atoms with van der Waals surface area (Å²) in [6.45, 7) is 0.565. The predicted octanol–water partition coefficient (Wildman–Crippen LogP) is 2.62. The molecule has 0 radical (unpaired) electrons. The normalized spacial score (nSPS) is 12.8. The highest BCUT2D eigenvalue weighted by Gasteiger charge is 2.16. The van der Waals surface area contributed by atoms with E-state index in [1.165, 1.54) is 0 Å². The average molecular weight is 333 g/mol. The SMILES string of the molecule is CNC(=O)c1cc(C(=O)CC2=CC=NC2)cc(Cc2ccccc2)n1. The van der Waals surface area contributed by atoms with Crippen LogP contribution in [0.4, 0.5) is 0 Å². The number of aromatic nitrogens is 1. The predicted molar refractivity (Wildman–Crippen MR) is 97.3 cm³/mol. The molecule has 0 fully saturated rings. The summed E-state index contributed by atoms with van der Waals surface area (Å²) in [6.07, 6.45) is 4.45. The molecule has 1 amide bonds. The maximum Gasteiger partial charge on any atom is 0.269 e. The van der Waals surface area contributed by atoms with Gasteiger partial charge in [-0.05, 0) is 29.3 Å². The fourth-order valence-electron chi connectivity index (χ4n) is 2.69. The molecular formula is C20H19N3O2. The fourth-order valence-corrected chi connectivity index (χ4v) is 2.69. The molecule has 1 aliphatic heterocycles. The zero-order chi connectivity index (χ0) is 17.6. The van der Waals surface area contributed by atoms with E-state index in [-0.39, 0.29) is 17.4 Å². The molecule has 25 heavy (non-hydrogen) atoms. The van der Waals surface area contributed by atoms with Crippen molar-refractivity contribution in [3.63, 3.8) is 0 Å². The number of ketones is 1. The van der Waals surface area contributed by atoms with Gasteiger partial charge in [0.1, 0.15) is 5.69 Å². The van der Waals surface area contributed by atoms with Crippen LogP contribution in [0.25, 0.3) is 0 Å². The molecule has 0 saturated carbocycles. The molecule has 1 aromatic heterocycles. The van der Waals surface area contributed by atoms with Gasteiger partial charge in [-0.1, -0.05) is 30.3 Å². The molecule has 0 atom stereocenters. The van der Waals surface area contributed by atoms with Crippen LogP contribution in [0.5, 0.6) is 0 Å². The van der Waals surface area contributed by atoms with Gasteiger partial charge in [0.25, 0.3) is 5.91 Å². The lowest BCUT2D eigenvalue weighted by molar-refractivity contribution is 0.0958. The number of benzene rings is 1. The molecule has 1 aliphatic rings. The second-order valence-electron chi connectivity index (χ2n) is 5.89. The topological polar surface area (TPSA) is 71.4 Å². The molecule has 3 rings (SSSR count). The lowest BCUT2D eigenvalue weighted by Gasteiger charge is -2.09. The van der Waals surface area contributed by atoms with Gasteiger partial charge in [-0.15, -0.1) is 0 Å². The van der Waals surface area contributed by atoms with Crippen molar-refractivity contribution >= 4 is 17.9 Å². The van der Waals surface area contributed by atoms with E-state index in [9.17, 15) is 9.59 Å². The first-order valence-corrected chi connectivity index (χ1v) is 8.14. The van der Waals surface area contributed by atoms with Crippen LogP contribution >= 0.6 is 0 Å². The van der Waals surface area contributed by atoms with E-state index in [0.717, 1.165) is 11.1 Å². The molecule has 0 unspecified atom stereocenters. The summed E-state index contributed by atoms with van der Waals surface area (Å²) < 4.78 is 0. The van der Waals surface area contributed by atoms with E-state index in [1.54, 1.807) is 25.4 Å². The summed E-state index contributed by atoms with van der Waals surface area (Å²) in [5, 5.41) is 2.57. The number of Topliss-reactive ketones (excluding diaryl/α,β-unsaturated/α-hetero) is 1. The second kappa shape index (κ2) is 7.66. The largest absolute Gasteiger partial charge is 0.354 e. The number of carbonyl (C=O) groups is 2. The minimum Gasteiger partial charge on any atom is -0.354 e. The maximum absolute atomic E-state index is 12.6. The average Bonchev–Trinajstić information content (AvgIpc) is 3.14. The molecule has 2 aromatic rings. The molecule has 5 nitrogen and oxygen atoms in total. The summed E-state index contributed by atoms with van der Waals surface area (Å²) in [4.78, 5) is 33.1. The Morgan fingerprint density at radius 1 is 1.16 bits per heavy atom. The third-order valence-corrected chi connectivity index (χ3v) is 3.99. The summed E-state index contributed by atoms with van der Waals surface area (Å²) in [5.41, 5.74) is 3.53. The summed E-state index contributed by atoms with van der Waals surface area (Å²) in [7, 11) is 1.55. The highest BCUT2D eigenvalue weighted by atomic mass is 16.1. The minimum atomic E-state index is -0.299. The number of carbonyl (C=O) groups excluding carboxylic acids is 2. The number of hydrogen-bond acceptors (Lipinski definition) is 4. The van der Waals surface area contributed by atoms with Crippen LogP contribution in [0.3, 0.4) is 0 Å². The summed E-state index contributed by atoms with van der Waals surface area (Å²) in [6, 6.07) is 13.2. The Morgan fingerprint density at radius 2 is 1.96 bits per heavy atom. The van der Waals surface area contributed by atoms with Gasteiger partial charge in [0, 0.05) is 37.4 Å². The van der Waals surface area contributed by atoms with Crippen LogP contribution in [-0.2, 0) is 6.42 Å². The fraction of sp³-hybridized carbons (Fsp3) is 0.200. The lowest BCUT2D eigenvalue weighted by Crippen LogP contribution is -2.20. The number of rotatable bonds is 6. The van der Waals surface area contributed by atoms with Gasteiger partial charge in [0.05, 0.1) is 6.54 Å². The third-order valence-electron chi connectivity index (χ3n) is 3.99. The minimum absolute atomic E-state index is 0.0291. The molecule has 0 bridgehead atoms. The highest BCUT2D eigenvalue weighted by molar-refractivity contribution is 6.01. The van der Waals surface area contributed by atoms with Gasteiger partial charge in [-0.25, -0.2) is 4.98 Å². The molecule has 0 saturated heterocycles. The number of pyridine rings is 1. The number of nitrogens with one attached hydrogen (secondary N) is 1. The van der Waals surface area contributed by atoms with Gasteiger partial charge in [-0.2, -0.15) is 0 Å². The molecule has 1 N–H and O–H groups in total. The van der Waals surface area contributed by atoms with Crippen molar-refractivity contribution in [1.82, 2.24) is 10.3 Å². The van der Waals surface area contributed by atoms with E-state index in [0.29, 0.717) is 30.6 Å². The van der Waals surface area contributed by atoms with Crippen LogP contribution < -0.4 is 5.32 Å². The van der Waals surface area contributed by atoms with Crippen molar-refractivity contribution in [1.29, 1.82) is 0 Å². The molecule has 1 aromatic carbocycles. The Balaban J connectivity index is 1.89. The molecule has 2 heterocycles. The van der Waals surface area contributed by atoms with Gasteiger partial charge in [0.15, 0.2) is 5.78 Å². The smallest absolute Gasteiger partial charge is 0.269 e. The van der Waals surface area contributed by atoms with Crippen molar-refractivity contribution in [2.45, 2.75) is 12.8 Å². The number of nitrogens with zero attached hydrogens (tertiary/aromatic N) is 2. The Kier molecular flexibility index (Phi) is 5.14. The lowest BCUT2D eigenvalue weighted by atomic mass is 10.0. The molecule has 0 spiro atoms. The Morgan fingerprint density at radius 3 is 2.64 bits per heavy atom. The van der Waals surface area contributed by atoms with Crippen LogP contribution in [-0.4, -0.2) is 36.5 Å². The highest BCUT2D eigenvalue weighted by Crippen LogP contribution is 2.16. The number of aliphatic imine (C=N–C) groups is 1. The van der Waals surface area contributed by atoms with Crippen LogP contribution in [0.15, 0.2) is 59.1 Å². The van der Waals surface area contributed by atoms with Crippen molar-refractivity contribution in [3.05, 3.63) is 76.6 Å². The Hall–Kier alpha value is -3.08. The molecular weight excluding hydrogens is 314 g/mol. The Bertz CT molecular complexity index is 854. The van der Waals surface area contributed by atoms with Gasteiger partial charge in [-0.3, -0.25) is 14.6 Å². The first-order valence-electron chi connectivity index (χ1n) is 8.14. The maximum atomic E-state index is 12.6. The zero-order valence-corrected chi connectivity index (χ0v) is 14.0. The summed E-state index contributed by atoms with van der Waals surface area (Å²) in [5.74, 6) is -0.328. The van der Waals surface area contributed by atoms with Crippen molar-refractivity contribution < 1.29 is 9.59 Å². The number of hydrogen-bond donors (Lipinski definition) is 1. The second-order valence-corrected chi connectivity index (χ2v) is 5.89. The molecule has 5 heteroatoms. The van der Waals surface area contributed by atoms with E-state index in [1.807, 2.05) is 36.4 Å². The van der Waals surface area contributed by atoms with Gasteiger partial charge in [0.2, 0.25) is 0 Å². The van der Waals surface area contributed by atoms with E-state index >= 15 is 0 Å². The van der Waals surface area contributed by atoms with E-state index in [4.69, 9.17) is 0 Å². The Labute approximate surface area is 146 Å². The van der Waals surface area contributed by atoms with Crippen molar-refractivity contribution in [3.8, 4) is 0 Å². The van der Waals surface area contributed by atoms with Crippen LogP contribution in [0.2, 0.25) is 0 Å². The standard InChI is InChI=1S/C20H19N3O2/c1-21-20(25)18-12-16(19(24)10-15-7-8-22-13-15)11-17(23-18)9-14-5-3-2-4-6-14/h2-8,11-12H,9-10,13H2,1H3,(H,21,25). The van der Waals surface area contributed by atoms with Gasteiger partial charge < -0.3 is 5.32 Å². The monoisotopic (exact) mass is 333 g/mol. The number of amides is 1. The van der Waals surface area contributed by atoms with Crippen LogP contribution in [0.1, 0.15) is 38.5 Å². The summed E-state index contributed by atoms with van der Waals surface area (Å²) >= 11 is 0. The van der Waals surface area contributed by atoms with Crippen LogP contribution in [0, 0.1) is 0 Å². The molecule has 0 aliphatic carbocycles. The molecule has 126 valence electrons. The van der Waals surface area contributed by atoms with E-state index < -0.39 is 0 Å². The number of allylic oxidation sites excluding steroid dienone is 1. The van der Waals surface area contributed by atoms with E-state index in [2.05, 4.69) is 15.3 Å². The van der Waals surface area contributed by atoms with Crippen molar-refractivity contribution in [2.75, 3.05) is 13.6 Å². The third kappa shape index (κ3) is 4.26. The quantitative estimate of drug-likeness (QED) is 0.826. The van der Waals surface area contributed by atoms with Gasteiger partial charge >= 0.3 is 0 Å².